The SMILES string of the molecule is Cc1nc(N2N=C(c3cc(F)ccc3F)SC2(CCCN)c2ccccc2)ncc1F. The fourth-order valence-corrected chi connectivity index (χ4v) is 4.85. The Bertz CT molecular complexity index is 1130. The molecule has 2 N–H and O–H groups in total. The highest BCUT2D eigenvalue weighted by Gasteiger charge is 2.47. The third kappa shape index (κ3) is 4.03. The molecule has 1 aliphatic heterocycles. The molecular formula is C22H20F3N5S. The van der Waals surface area contributed by atoms with Crippen LogP contribution in [0.2, 0.25) is 0 Å². The van der Waals surface area contributed by atoms with E-state index >= 15 is 0 Å². The summed E-state index contributed by atoms with van der Waals surface area (Å²) in [6.07, 6.45) is 2.24. The molecule has 3 aromatic rings. The van der Waals surface area contributed by atoms with Gasteiger partial charge in [-0.1, -0.05) is 42.1 Å². The van der Waals surface area contributed by atoms with Crippen molar-refractivity contribution >= 4 is 22.8 Å². The van der Waals surface area contributed by atoms with Crippen molar-refractivity contribution in [3.05, 3.63) is 89.0 Å². The van der Waals surface area contributed by atoms with Crippen molar-refractivity contribution in [2.24, 2.45) is 10.8 Å². The summed E-state index contributed by atoms with van der Waals surface area (Å²) < 4.78 is 42.4. The predicted molar refractivity (Wildman–Crippen MR) is 116 cm³/mol. The van der Waals surface area contributed by atoms with Crippen molar-refractivity contribution in [3.8, 4) is 0 Å². The van der Waals surface area contributed by atoms with Gasteiger partial charge in [-0.3, -0.25) is 0 Å². The molecule has 2 aromatic carbocycles. The Morgan fingerprint density at radius 2 is 1.84 bits per heavy atom. The average molecular weight is 443 g/mol. The maximum Gasteiger partial charge on any atom is 0.248 e. The molecule has 1 aromatic heterocycles. The zero-order chi connectivity index (χ0) is 22.0. The quantitative estimate of drug-likeness (QED) is 0.598. The van der Waals surface area contributed by atoms with E-state index in [2.05, 4.69) is 15.1 Å². The number of rotatable bonds is 6. The third-order valence-corrected chi connectivity index (χ3v) is 6.44. The molecule has 5 nitrogen and oxygen atoms in total. The molecule has 160 valence electrons. The number of halogens is 3. The second kappa shape index (κ2) is 8.68. The van der Waals surface area contributed by atoms with E-state index in [4.69, 9.17) is 5.73 Å². The zero-order valence-corrected chi connectivity index (χ0v) is 17.5. The van der Waals surface area contributed by atoms with Crippen molar-refractivity contribution in [1.29, 1.82) is 0 Å². The summed E-state index contributed by atoms with van der Waals surface area (Å²) in [5, 5.41) is 6.45. The molecule has 1 unspecified atom stereocenters. The number of aromatic nitrogens is 2. The maximum absolute atomic E-state index is 14.6. The fraction of sp³-hybridized carbons (Fsp3) is 0.227. The van der Waals surface area contributed by atoms with Crippen LogP contribution in [-0.2, 0) is 4.87 Å². The molecule has 0 amide bonds. The first kappa shape index (κ1) is 21.3. The van der Waals surface area contributed by atoms with Crippen LogP contribution in [0.15, 0.2) is 59.8 Å². The summed E-state index contributed by atoms with van der Waals surface area (Å²) in [4.78, 5) is 7.55. The number of nitrogens with two attached hydrogens (primary N) is 1. The Morgan fingerprint density at radius 1 is 1.06 bits per heavy atom. The molecule has 0 aliphatic carbocycles. The van der Waals surface area contributed by atoms with Crippen LogP contribution in [-0.4, -0.2) is 21.6 Å². The van der Waals surface area contributed by atoms with Gasteiger partial charge in [-0.25, -0.2) is 28.1 Å². The Labute approximate surface area is 182 Å². The molecule has 2 heterocycles. The molecule has 31 heavy (non-hydrogen) atoms. The molecule has 0 bridgehead atoms. The zero-order valence-electron chi connectivity index (χ0n) is 16.7. The summed E-state index contributed by atoms with van der Waals surface area (Å²) in [5.41, 5.74) is 6.88. The summed E-state index contributed by atoms with van der Waals surface area (Å²) in [6.45, 7) is 1.96. The van der Waals surface area contributed by atoms with E-state index in [1.165, 1.54) is 18.7 Å². The lowest BCUT2D eigenvalue weighted by molar-refractivity contribution is 0.514. The molecule has 0 saturated carbocycles. The van der Waals surface area contributed by atoms with Gasteiger partial charge in [-0.2, -0.15) is 5.10 Å². The number of hydrogen-bond acceptors (Lipinski definition) is 6. The van der Waals surface area contributed by atoms with Crippen LogP contribution in [0.3, 0.4) is 0 Å². The molecule has 1 aliphatic rings. The molecular weight excluding hydrogens is 423 g/mol. The van der Waals surface area contributed by atoms with E-state index in [9.17, 15) is 13.2 Å². The van der Waals surface area contributed by atoms with Crippen LogP contribution in [0.5, 0.6) is 0 Å². The minimum absolute atomic E-state index is 0.0411. The maximum atomic E-state index is 14.6. The normalized spacial score (nSPS) is 18.4. The minimum Gasteiger partial charge on any atom is -0.330 e. The summed E-state index contributed by atoms with van der Waals surface area (Å²) in [5.74, 6) is -1.53. The van der Waals surface area contributed by atoms with Gasteiger partial charge >= 0.3 is 0 Å². The summed E-state index contributed by atoms with van der Waals surface area (Å²) in [7, 11) is 0. The molecule has 0 spiro atoms. The van der Waals surface area contributed by atoms with E-state index in [0.717, 1.165) is 30.0 Å². The standard InChI is InChI=1S/C22H20F3N5S/c1-14-19(25)13-27-21(28-14)30-22(10-5-11-26,15-6-3-2-4-7-15)31-20(29-30)17-12-16(23)8-9-18(17)24/h2-4,6-9,12-13H,5,10-11,26H2,1H3. The lowest BCUT2D eigenvalue weighted by Crippen LogP contribution is -2.39. The molecule has 9 heteroatoms. The van der Waals surface area contributed by atoms with Crippen LogP contribution < -0.4 is 10.7 Å². The highest BCUT2D eigenvalue weighted by molar-refractivity contribution is 8.15. The van der Waals surface area contributed by atoms with Gasteiger partial charge in [0.2, 0.25) is 5.95 Å². The van der Waals surface area contributed by atoms with Gasteiger partial charge in [-0.15, -0.1) is 0 Å². The Balaban J connectivity index is 1.91. The van der Waals surface area contributed by atoms with Gasteiger partial charge in [0, 0.05) is 5.56 Å². The number of hydrazone groups is 1. The Kier molecular flexibility index (Phi) is 5.97. The highest BCUT2D eigenvalue weighted by Crippen LogP contribution is 2.51. The van der Waals surface area contributed by atoms with E-state index in [0.29, 0.717) is 19.4 Å². The first-order valence-corrected chi connectivity index (χ1v) is 10.5. The number of anilines is 1. The van der Waals surface area contributed by atoms with E-state index in [1.807, 2.05) is 30.3 Å². The highest BCUT2D eigenvalue weighted by atomic mass is 32.2. The smallest absolute Gasteiger partial charge is 0.248 e. The molecule has 0 fully saturated rings. The van der Waals surface area contributed by atoms with Crippen LogP contribution in [0.25, 0.3) is 0 Å². The second-order valence-corrected chi connectivity index (χ2v) is 8.36. The van der Waals surface area contributed by atoms with Crippen molar-refractivity contribution in [1.82, 2.24) is 9.97 Å². The molecule has 0 saturated heterocycles. The monoisotopic (exact) mass is 443 g/mol. The number of thioether (sulfide) groups is 1. The van der Waals surface area contributed by atoms with Crippen LogP contribution in [0.4, 0.5) is 19.1 Å². The number of nitrogens with zero attached hydrogens (tertiary/aromatic N) is 4. The van der Waals surface area contributed by atoms with Gasteiger partial charge in [0.05, 0.1) is 11.9 Å². The number of benzene rings is 2. The lowest BCUT2D eigenvalue weighted by atomic mass is 10.0. The number of aryl methyl sites for hydroxylation is 1. The first-order chi connectivity index (χ1) is 14.9. The lowest BCUT2D eigenvalue weighted by Gasteiger charge is -2.36. The summed E-state index contributed by atoms with van der Waals surface area (Å²) in [6, 6.07) is 12.7. The molecule has 4 rings (SSSR count). The average Bonchev–Trinajstić information content (AvgIpc) is 3.17. The fourth-order valence-electron chi connectivity index (χ4n) is 3.44. The van der Waals surface area contributed by atoms with Crippen molar-refractivity contribution in [2.45, 2.75) is 24.6 Å². The first-order valence-electron chi connectivity index (χ1n) is 9.72. The van der Waals surface area contributed by atoms with Crippen LogP contribution in [0.1, 0.15) is 29.7 Å². The predicted octanol–water partition coefficient (Wildman–Crippen LogP) is 4.71. The van der Waals surface area contributed by atoms with Gasteiger partial charge < -0.3 is 5.73 Å². The van der Waals surface area contributed by atoms with Crippen molar-refractivity contribution in [2.75, 3.05) is 11.6 Å². The Morgan fingerprint density at radius 3 is 2.55 bits per heavy atom. The van der Waals surface area contributed by atoms with E-state index < -0.39 is 22.3 Å². The van der Waals surface area contributed by atoms with Crippen LogP contribution >= 0.6 is 11.8 Å². The second-order valence-electron chi connectivity index (χ2n) is 7.09. The van der Waals surface area contributed by atoms with Gasteiger partial charge in [0.1, 0.15) is 21.5 Å². The van der Waals surface area contributed by atoms with Gasteiger partial charge in [-0.05, 0) is 50.1 Å². The largest absolute Gasteiger partial charge is 0.330 e. The minimum atomic E-state index is -0.862. The van der Waals surface area contributed by atoms with E-state index in [1.54, 1.807) is 5.01 Å². The Hall–Kier alpha value is -2.91. The van der Waals surface area contributed by atoms with Crippen LogP contribution in [0, 0.1) is 24.4 Å². The van der Waals surface area contributed by atoms with Gasteiger partial charge in [0.15, 0.2) is 5.82 Å². The molecule has 1 atom stereocenters. The summed E-state index contributed by atoms with van der Waals surface area (Å²) >= 11 is 1.28. The van der Waals surface area contributed by atoms with E-state index in [-0.39, 0.29) is 22.2 Å². The molecule has 0 radical (unpaired) electrons. The van der Waals surface area contributed by atoms with Gasteiger partial charge in [0.25, 0.3) is 0 Å². The third-order valence-electron chi connectivity index (χ3n) is 5.00. The number of hydrogen-bond donors (Lipinski definition) is 1. The topological polar surface area (TPSA) is 67.4 Å². The van der Waals surface area contributed by atoms with Crippen molar-refractivity contribution < 1.29 is 13.2 Å². The van der Waals surface area contributed by atoms with Crippen molar-refractivity contribution in [3.63, 3.8) is 0 Å².